The Balaban J connectivity index is 1.39. The summed E-state index contributed by atoms with van der Waals surface area (Å²) in [6.45, 7) is 9.58. The van der Waals surface area contributed by atoms with E-state index in [4.69, 9.17) is 0 Å². The molecular weight excluding hydrogens is 477 g/mol. The molecule has 5 rings (SSSR count). The fourth-order valence-electron chi connectivity index (χ4n) is 6.16. The van der Waals surface area contributed by atoms with Crippen molar-refractivity contribution in [3.8, 4) is 0 Å². The van der Waals surface area contributed by atoms with Crippen molar-refractivity contribution in [3.63, 3.8) is 0 Å². The molecule has 0 radical (unpaired) electrons. The van der Waals surface area contributed by atoms with Crippen molar-refractivity contribution in [1.29, 1.82) is 0 Å². The number of sulfonamides is 1. The number of likely N-dealkylation sites (tertiary alicyclic amines) is 1. The topological polar surface area (TPSA) is 65.5 Å². The van der Waals surface area contributed by atoms with E-state index in [2.05, 4.69) is 23.7 Å². The molecule has 3 aliphatic rings. The van der Waals surface area contributed by atoms with Gasteiger partial charge in [-0.3, -0.25) is 9.62 Å². The molecule has 1 N–H and O–H groups in total. The van der Waals surface area contributed by atoms with Crippen molar-refractivity contribution in [2.45, 2.75) is 57.4 Å². The van der Waals surface area contributed by atoms with Gasteiger partial charge < -0.3 is 4.90 Å². The van der Waals surface area contributed by atoms with Crippen LogP contribution < -0.4 is 9.62 Å². The highest BCUT2D eigenvalue weighted by molar-refractivity contribution is 7.92. The summed E-state index contributed by atoms with van der Waals surface area (Å²) in [5.41, 5.74) is 0.880. The second-order valence-electron chi connectivity index (χ2n) is 11.1. The number of pyridine rings is 1. The average molecular weight is 509 g/mol. The van der Waals surface area contributed by atoms with E-state index in [1.807, 2.05) is 9.62 Å². The van der Waals surface area contributed by atoms with Gasteiger partial charge in [0.2, 0.25) is 5.95 Å². The quantitative estimate of drug-likeness (QED) is 0.594. The van der Waals surface area contributed by atoms with Crippen LogP contribution >= 0.6 is 0 Å². The lowest BCUT2D eigenvalue weighted by atomic mass is 9.63. The first kappa shape index (κ1) is 24.4. The molecule has 1 aliphatic carbocycles. The van der Waals surface area contributed by atoms with Crippen LogP contribution in [-0.4, -0.2) is 50.5 Å². The largest absolute Gasteiger partial charge is 0.371 e. The summed E-state index contributed by atoms with van der Waals surface area (Å²) >= 11 is 0. The summed E-state index contributed by atoms with van der Waals surface area (Å²) in [5.74, 6) is -3.59. The first-order valence-electron chi connectivity index (χ1n) is 12.0. The summed E-state index contributed by atoms with van der Waals surface area (Å²) < 4.78 is 71.3. The molecule has 3 fully saturated rings. The number of hydrogen-bond acceptors (Lipinski definition) is 5. The van der Waals surface area contributed by atoms with Gasteiger partial charge in [0.15, 0.2) is 10.7 Å². The number of nitrogens with one attached hydrogen (secondary N) is 1. The Bertz CT molecular complexity index is 1270. The van der Waals surface area contributed by atoms with E-state index in [-0.39, 0.29) is 16.8 Å². The van der Waals surface area contributed by atoms with E-state index in [1.165, 1.54) is 25.5 Å². The minimum atomic E-state index is -4.66. The lowest BCUT2D eigenvalue weighted by Crippen LogP contribution is -2.56. The fourth-order valence-corrected chi connectivity index (χ4v) is 7.36. The van der Waals surface area contributed by atoms with Crippen molar-refractivity contribution < 1.29 is 21.6 Å². The molecule has 190 valence electrons. The van der Waals surface area contributed by atoms with Gasteiger partial charge in [0.1, 0.15) is 11.6 Å². The van der Waals surface area contributed by atoms with E-state index in [0.717, 1.165) is 44.5 Å². The number of anilines is 2. The maximum atomic E-state index is 15.4. The molecule has 10 heteroatoms. The number of aromatic nitrogens is 1. The van der Waals surface area contributed by atoms with Gasteiger partial charge in [-0.05, 0) is 62.8 Å². The SMILES string of the molecule is Cc1c(N2CC[C@@]3(CC[C@@H]3N3CCC(C)(C)C3)C2)cc(F)c(S(=O)(=O)Nc2cccc(F)n2)c1F. The first-order chi connectivity index (χ1) is 16.4. The zero-order chi connectivity index (χ0) is 25.2. The third-order valence-corrected chi connectivity index (χ3v) is 9.50. The summed E-state index contributed by atoms with van der Waals surface area (Å²) in [5, 5.41) is 0. The van der Waals surface area contributed by atoms with Gasteiger partial charge in [-0.15, -0.1) is 0 Å². The Kier molecular flexibility index (Phi) is 5.83. The zero-order valence-electron chi connectivity index (χ0n) is 20.2. The second kappa shape index (κ2) is 8.37. The van der Waals surface area contributed by atoms with E-state index in [1.54, 1.807) is 0 Å². The van der Waals surface area contributed by atoms with Crippen LogP contribution in [0.4, 0.5) is 24.7 Å². The lowest BCUT2D eigenvalue weighted by Gasteiger charge is -2.52. The third-order valence-electron chi connectivity index (χ3n) is 8.11. The Labute approximate surface area is 204 Å². The molecule has 0 amide bonds. The molecule has 2 atom stereocenters. The normalized spacial score (nSPS) is 26.3. The third kappa shape index (κ3) is 4.28. The number of nitrogens with zero attached hydrogens (tertiary/aromatic N) is 3. The fraction of sp³-hybridized carbons (Fsp3) is 0.560. The molecule has 0 unspecified atom stereocenters. The van der Waals surface area contributed by atoms with Gasteiger partial charge in [0, 0.05) is 42.3 Å². The van der Waals surface area contributed by atoms with E-state index >= 15 is 8.78 Å². The summed E-state index contributed by atoms with van der Waals surface area (Å²) in [7, 11) is -4.66. The number of rotatable bonds is 5. The molecule has 1 aromatic carbocycles. The molecule has 1 aromatic heterocycles. The lowest BCUT2D eigenvalue weighted by molar-refractivity contribution is -0.00273. The highest BCUT2D eigenvalue weighted by Gasteiger charge is 2.54. The van der Waals surface area contributed by atoms with Gasteiger partial charge in [0.05, 0.1) is 0 Å². The predicted octanol–water partition coefficient (Wildman–Crippen LogP) is 4.70. The van der Waals surface area contributed by atoms with Crippen molar-refractivity contribution in [2.75, 3.05) is 35.8 Å². The molecule has 3 heterocycles. The van der Waals surface area contributed by atoms with E-state index in [0.29, 0.717) is 30.2 Å². The van der Waals surface area contributed by atoms with Crippen LogP contribution in [0.5, 0.6) is 0 Å². The van der Waals surface area contributed by atoms with Crippen molar-refractivity contribution >= 4 is 21.5 Å². The maximum absolute atomic E-state index is 15.4. The van der Waals surface area contributed by atoms with Crippen molar-refractivity contribution in [1.82, 2.24) is 9.88 Å². The maximum Gasteiger partial charge on any atom is 0.268 e. The van der Waals surface area contributed by atoms with Gasteiger partial charge in [-0.25, -0.2) is 22.2 Å². The van der Waals surface area contributed by atoms with Crippen LogP contribution in [-0.2, 0) is 10.0 Å². The van der Waals surface area contributed by atoms with Gasteiger partial charge >= 0.3 is 0 Å². The smallest absolute Gasteiger partial charge is 0.268 e. The van der Waals surface area contributed by atoms with Gasteiger partial charge in [-0.2, -0.15) is 4.39 Å². The molecular formula is C25H31F3N4O2S. The molecule has 6 nitrogen and oxygen atoms in total. The molecule has 35 heavy (non-hydrogen) atoms. The van der Waals surface area contributed by atoms with Gasteiger partial charge in [-0.1, -0.05) is 19.9 Å². The highest BCUT2D eigenvalue weighted by atomic mass is 32.2. The monoisotopic (exact) mass is 508 g/mol. The van der Waals surface area contributed by atoms with Crippen LogP contribution in [0.15, 0.2) is 29.2 Å². The highest BCUT2D eigenvalue weighted by Crippen LogP contribution is 2.53. The molecule has 2 saturated heterocycles. The minimum Gasteiger partial charge on any atom is -0.371 e. The summed E-state index contributed by atoms with van der Waals surface area (Å²) in [6.07, 6.45) is 4.35. The van der Waals surface area contributed by atoms with E-state index in [9.17, 15) is 12.8 Å². The molecule has 2 aromatic rings. The van der Waals surface area contributed by atoms with Crippen molar-refractivity contribution in [3.05, 3.63) is 47.4 Å². The summed E-state index contributed by atoms with van der Waals surface area (Å²) in [6, 6.07) is 5.08. The minimum absolute atomic E-state index is 0.0780. The van der Waals surface area contributed by atoms with Gasteiger partial charge in [0.25, 0.3) is 10.0 Å². The van der Waals surface area contributed by atoms with E-state index < -0.39 is 32.5 Å². The Morgan fingerprint density at radius 2 is 1.86 bits per heavy atom. The number of hydrogen-bond donors (Lipinski definition) is 1. The average Bonchev–Trinajstić information content (AvgIpc) is 3.34. The van der Waals surface area contributed by atoms with Crippen molar-refractivity contribution in [2.24, 2.45) is 10.8 Å². The second-order valence-corrected chi connectivity index (χ2v) is 12.7. The summed E-state index contributed by atoms with van der Waals surface area (Å²) in [4.78, 5) is 6.91. The molecule has 0 bridgehead atoms. The first-order valence-corrected chi connectivity index (χ1v) is 13.5. The standard InChI is InChI=1S/C25H31F3N4O2S/c1-16-18(31-12-10-25(15-31)8-7-19(25)32-11-9-24(2,3)14-32)13-17(26)23(22(16)28)35(33,34)30-21-6-4-5-20(27)29-21/h4-6,13,19H,7-12,14-15H2,1-3H3,(H,29,30)/t19-,25-/m0/s1. The van der Waals surface area contributed by atoms with Crippen LogP contribution in [0.1, 0.15) is 45.1 Å². The van der Waals surface area contributed by atoms with Crippen LogP contribution in [0.3, 0.4) is 0 Å². The molecule has 2 aliphatic heterocycles. The number of benzene rings is 1. The Morgan fingerprint density at radius 1 is 1.09 bits per heavy atom. The Hall–Kier alpha value is -2.33. The number of halogens is 3. The predicted molar refractivity (Wildman–Crippen MR) is 128 cm³/mol. The zero-order valence-corrected chi connectivity index (χ0v) is 21.1. The van der Waals surface area contributed by atoms with Crippen LogP contribution in [0.25, 0.3) is 0 Å². The Morgan fingerprint density at radius 3 is 2.49 bits per heavy atom. The molecule has 1 saturated carbocycles. The van der Waals surface area contributed by atoms with Crippen LogP contribution in [0, 0.1) is 35.3 Å². The van der Waals surface area contributed by atoms with Crippen LogP contribution in [0.2, 0.25) is 0 Å². The molecule has 1 spiro atoms.